The van der Waals surface area contributed by atoms with Gasteiger partial charge in [0.25, 0.3) is 5.91 Å². The Kier molecular flexibility index (Phi) is 15.5. The Bertz CT molecular complexity index is 1970. The highest BCUT2D eigenvalue weighted by atomic mass is 16.5. The first-order valence-electron chi connectivity index (χ1n) is 20.4. The van der Waals surface area contributed by atoms with E-state index in [0.717, 1.165) is 76.3 Å². The SMILES string of the molecule is C.C.CCN(C(=O)c1ccc(N2CCN(CCCCCOc3ccc([C@@H]4c5ccc(O)cc5CC[C@@H]4c4ccccc4)cc3)CC2)cc1OC)C1CCC(=O)CC1=O. The van der Waals surface area contributed by atoms with E-state index in [4.69, 9.17) is 9.47 Å². The summed E-state index contributed by atoms with van der Waals surface area (Å²) in [5, 5.41) is 10.2. The average Bonchev–Trinajstić information content (AvgIpc) is 3.23. The molecular formula is C49H63N3O6. The zero-order valence-electron chi connectivity index (χ0n) is 32.8. The Labute approximate surface area is 346 Å². The van der Waals surface area contributed by atoms with Crippen LogP contribution >= 0.6 is 0 Å². The first-order valence-corrected chi connectivity index (χ1v) is 20.4. The summed E-state index contributed by atoms with van der Waals surface area (Å²) < 4.78 is 11.9. The number of phenols is 1. The number of nitrogens with zero attached hydrogens (tertiary/aromatic N) is 3. The molecule has 1 saturated carbocycles. The first kappa shape index (κ1) is 44.0. The van der Waals surface area contributed by atoms with Crippen molar-refractivity contribution >= 4 is 23.2 Å². The van der Waals surface area contributed by atoms with Gasteiger partial charge in [0.05, 0.1) is 31.7 Å². The van der Waals surface area contributed by atoms with Gasteiger partial charge in [-0.3, -0.25) is 19.3 Å². The van der Waals surface area contributed by atoms with Gasteiger partial charge in [-0.2, -0.15) is 0 Å². The summed E-state index contributed by atoms with van der Waals surface area (Å²) in [6.07, 6.45) is 5.85. The fourth-order valence-electron chi connectivity index (χ4n) is 8.99. The van der Waals surface area contributed by atoms with E-state index in [-0.39, 0.29) is 44.7 Å². The molecule has 1 saturated heterocycles. The molecule has 1 unspecified atom stereocenters. The van der Waals surface area contributed by atoms with E-state index in [9.17, 15) is 19.5 Å². The number of methoxy groups -OCH3 is 1. The minimum atomic E-state index is -0.564. The van der Waals surface area contributed by atoms with Gasteiger partial charge in [-0.25, -0.2) is 0 Å². The van der Waals surface area contributed by atoms with Crippen LogP contribution in [-0.4, -0.2) is 91.4 Å². The molecule has 0 aromatic heterocycles. The molecule has 1 amide bonds. The maximum atomic E-state index is 13.6. The van der Waals surface area contributed by atoms with E-state index in [2.05, 4.69) is 70.5 Å². The number of piperazine rings is 1. The number of carbonyl (C=O) groups is 3. The monoisotopic (exact) mass is 789 g/mol. The topological polar surface area (TPSA) is 99.6 Å². The van der Waals surface area contributed by atoms with Crippen molar-refractivity contribution in [2.24, 2.45) is 0 Å². The maximum Gasteiger partial charge on any atom is 0.258 e. The molecular weight excluding hydrogens is 727 g/mol. The molecule has 1 N–H and O–H groups in total. The number of amides is 1. The van der Waals surface area contributed by atoms with Crippen LogP contribution in [0.2, 0.25) is 0 Å². The number of phenolic OH excluding ortho intramolecular Hbond substituents is 1. The van der Waals surface area contributed by atoms with Crippen molar-refractivity contribution in [1.82, 2.24) is 9.80 Å². The highest BCUT2D eigenvalue weighted by Gasteiger charge is 2.35. The van der Waals surface area contributed by atoms with E-state index < -0.39 is 6.04 Å². The Hall–Kier alpha value is -5.15. The van der Waals surface area contributed by atoms with Crippen LogP contribution in [0.1, 0.15) is 111 Å². The number of anilines is 1. The van der Waals surface area contributed by atoms with Gasteiger partial charge in [-0.15, -0.1) is 0 Å². The fourth-order valence-corrected chi connectivity index (χ4v) is 8.99. The zero-order chi connectivity index (χ0) is 39.0. The lowest BCUT2D eigenvalue weighted by Gasteiger charge is -2.36. The third-order valence-electron chi connectivity index (χ3n) is 12.0. The largest absolute Gasteiger partial charge is 0.508 e. The van der Waals surface area contributed by atoms with Gasteiger partial charge in [0.15, 0.2) is 5.78 Å². The van der Waals surface area contributed by atoms with Gasteiger partial charge < -0.3 is 24.4 Å². The molecule has 3 aliphatic rings. The van der Waals surface area contributed by atoms with Crippen LogP contribution in [0.5, 0.6) is 17.2 Å². The summed E-state index contributed by atoms with van der Waals surface area (Å²) >= 11 is 0. The number of fused-ring (bicyclic) bond motifs is 1. The van der Waals surface area contributed by atoms with E-state index in [1.807, 2.05) is 37.3 Å². The number of ketones is 2. The molecule has 9 nitrogen and oxygen atoms in total. The molecule has 58 heavy (non-hydrogen) atoms. The number of hydrogen-bond donors (Lipinski definition) is 1. The second kappa shape index (κ2) is 20.5. The minimum Gasteiger partial charge on any atom is -0.508 e. The maximum absolute atomic E-state index is 13.6. The van der Waals surface area contributed by atoms with Crippen molar-refractivity contribution in [1.29, 1.82) is 0 Å². The van der Waals surface area contributed by atoms with Gasteiger partial charge in [0.1, 0.15) is 23.0 Å². The van der Waals surface area contributed by atoms with Crippen LogP contribution in [0.25, 0.3) is 0 Å². The van der Waals surface area contributed by atoms with Gasteiger partial charge in [0.2, 0.25) is 0 Å². The number of hydrogen-bond acceptors (Lipinski definition) is 8. The molecule has 4 aromatic rings. The molecule has 9 heteroatoms. The van der Waals surface area contributed by atoms with Crippen LogP contribution in [0.3, 0.4) is 0 Å². The average molecular weight is 790 g/mol. The molecule has 2 aliphatic carbocycles. The van der Waals surface area contributed by atoms with E-state index >= 15 is 0 Å². The number of carbonyl (C=O) groups excluding carboxylic acids is 3. The highest BCUT2D eigenvalue weighted by molar-refractivity contribution is 6.07. The number of unbranched alkanes of at least 4 members (excludes halogenated alkanes) is 2. The lowest BCUT2D eigenvalue weighted by Crippen LogP contribution is -2.48. The van der Waals surface area contributed by atoms with Crippen LogP contribution in [0.15, 0.2) is 91.0 Å². The van der Waals surface area contributed by atoms with Crippen molar-refractivity contribution in [3.8, 4) is 17.2 Å². The molecule has 0 bridgehead atoms. The Balaban J connectivity index is 0.00000320. The summed E-state index contributed by atoms with van der Waals surface area (Å²) in [5.41, 5.74) is 6.63. The lowest BCUT2D eigenvalue weighted by molar-refractivity contribution is -0.133. The summed E-state index contributed by atoms with van der Waals surface area (Å²) in [5.74, 6) is 1.87. The van der Waals surface area contributed by atoms with E-state index in [1.54, 1.807) is 12.0 Å². The van der Waals surface area contributed by atoms with Gasteiger partial charge in [-0.1, -0.05) is 63.4 Å². The molecule has 0 spiro atoms. The number of benzene rings is 4. The second-order valence-electron chi connectivity index (χ2n) is 15.4. The molecule has 0 radical (unpaired) electrons. The number of rotatable bonds is 14. The van der Waals surface area contributed by atoms with Crippen molar-refractivity contribution < 1.29 is 29.0 Å². The van der Waals surface area contributed by atoms with Gasteiger partial charge in [0, 0.05) is 56.8 Å². The highest BCUT2D eigenvalue weighted by Crippen LogP contribution is 2.47. The smallest absolute Gasteiger partial charge is 0.258 e. The Morgan fingerprint density at radius 2 is 1.59 bits per heavy atom. The van der Waals surface area contributed by atoms with E-state index in [1.165, 1.54) is 22.3 Å². The summed E-state index contributed by atoms with van der Waals surface area (Å²) in [4.78, 5) is 44.4. The summed E-state index contributed by atoms with van der Waals surface area (Å²) in [6, 6.07) is 30.4. The molecule has 1 heterocycles. The fraction of sp³-hybridized carbons (Fsp3) is 0.449. The lowest BCUT2D eigenvalue weighted by atomic mass is 9.69. The normalized spacial score (nSPS) is 19.3. The number of aryl methyl sites for hydroxylation is 1. The molecule has 4 aromatic carbocycles. The molecule has 2 fully saturated rings. The molecule has 3 atom stereocenters. The van der Waals surface area contributed by atoms with Crippen LogP contribution in [0.4, 0.5) is 5.69 Å². The number of Topliss-reactive ketones (excluding diaryl/α,β-unsaturated/α-hetero) is 2. The summed E-state index contributed by atoms with van der Waals surface area (Å²) in [6.45, 7) is 7.72. The van der Waals surface area contributed by atoms with Gasteiger partial charge in [-0.05, 0) is 117 Å². The molecule has 310 valence electrons. The number of aromatic hydroxyl groups is 1. The van der Waals surface area contributed by atoms with Crippen LogP contribution in [-0.2, 0) is 16.0 Å². The molecule has 1 aliphatic heterocycles. The van der Waals surface area contributed by atoms with Crippen molar-refractivity contribution in [3.05, 3.63) is 119 Å². The Morgan fingerprint density at radius 3 is 2.29 bits per heavy atom. The minimum absolute atomic E-state index is 0. The van der Waals surface area contributed by atoms with E-state index in [0.29, 0.717) is 49.0 Å². The quantitative estimate of drug-likeness (QED) is 0.0999. The third kappa shape index (κ3) is 10.1. The van der Waals surface area contributed by atoms with Crippen LogP contribution < -0.4 is 14.4 Å². The second-order valence-corrected chi connectivity index (χ2v) is 15.4. The number of ether oxygens (including phenoxy) is 2. The Morgan fingerprint density at radius 1 is 0.828 bits per heavy atom. The van der Waals surface area contributed by atoms with Crippen molar-refractivity contribution in [2.75, 3.05) is 57.9 Å². The van der Waals surface area contributed by atoms with Gasteiger partial charge >= 0.3 is 0 Å². The first-order chi connectivity index (χ1) is 27.3. The standard InChI is InChI=1S/C47H55N3O6.2CH4/c1-3-50(43-23-17-38(52)32-44(43)53)47(54)42-21-15-36(31-45(42)55-2)49-27-25-48(26-28-49)24-8-5-9-29-56-39-18-12-34(13-19-39)46-40(33-10-6-4-7-11-33)20-14-35-30-37(51)16-22-41(35)46;;/h4,6-7,10-13,15-16,18-19,21-22,30-31,40,43,46,51H,3,5,8-9,14,17,20,23-29,32H2,1-2H3;2*1H4/t40-,43?,46+;;/m1../s1. The predicted octanol–water partition coefficient (Wildman–Crippen LogP) is 9.06. The van der Waals surface area contributed by atoms with Crippen molar-refractivity contribution in [2.45, 2.75) is 91.0 Å². The van der Waals surface area contributed by atoms with Crippen LogP contribution in [0, 0.1) is 0 Å². The number of likely N-dealkylation sites (N-methyl/N-ethyl adjacent to an activating group) is 1. The van der Waals surface area contributed by atoms with Crippen molar-refractivity contribution in [3.63, 3.8) is 0 Å². The summed E-state index contributed by atoms with van der Waals surface area (Å²) in [7, 11) is 1.57. The zero-order valence-corrected chi connectivity index (χ0v) is 32.8. The molecule has 7 rings (SSSR count). The third-order valence-corrected chi connectivity index (χ3v) is 12.0. The predicted molar refractivity (Wildman–Crippen MR) is 233 cm³/mol.